The van der Waals surface area contributed by atoms with Gasteiger partial charge in [0.1, 0.15) is 11.5 Å². The first kappa shape index (κ1) is 15.9. The molecule has 2 heteroatoms. The van der Waals surface area contributed by atoms with Crippen LogP contribution in [0.4, 0.5) is 0 Å². The van der Waals surface area contributed by atoms with Gasteiger partial charge in [-0.25, -0.2) is 0 Å². The Morgan fingerprint density at radius 2 is 1.60 bits per heavy atom. The van der Waals surface area contributed by atoms with Crippen molar-refractivity contribution in [3.8, 4) is 0 Å². The molecule has 0 spiro atoms. The molecule has 4 rings (SSSR count). The first-order chi connectivity index (χ1) is 12.1. The van der Waals surface area contributed by atoms with Gasteiger partial charge in [0.25, 0.3) is 0 Å². The van der Waals surface area contributed by atoms with Crippen LogP contribution in [0, 0.1) is 12.8 Å². The van der Waals surface area contributed by atoms with Crippen molar-refractivity contribution >= 4 is 5.78 Å². The summed E-state index contributed by atoms with van der Waals surface area (Å²) < 4.78 is 6.16. The number of aryl methyl sites for hydroxylation is 1. The summed E-state index contributed by atoms with van der Waals surface area (Å²) >= 11 is 0. The van der Waals surface area contributed by atoms with E-state index in [-0.39, 0.29) is 11.2 Å². The predicted molar refractivity (Wildman–Crippen MR) is 99.0 cm³/mol. The standard InChI is InChI=1S/C23H22O2/c1-15-22(18-10-6-4-7-11-18)23(15,19-12-8-5-9-13-19)21-14-20(16(2)24)17(3)25-21/h4-15,22H,1-3H3/t15?,22?,23-/m1/s1. The van der Waals surface area contributed by atoms with Gasteiger partial charge in [-0.1, -0.05) is 67.6 Å². The molecule has 2 nitrogen and oxygen atoms in total. The molecule has 1 aliphatic carbocycles. The van der Waals surface area contributed by atoms with Gasteiger partial charge in [0, 0.05) is 5.92 Å². The predicted octanol–water partition coefficient (Wildman–Crippen LogP) is 5.51. The molecule has 0 N–H and O–H groups in total. The van der Waals surface area contributed by atoms with Gasteiger partial charge in [-0.15, -0.1) is 0 Å². The largest absolute Gasteiger partial charge is 0.465 e. The van der Waals surface area contributed by atoms with Crippen LogP contribution in [-0.4, -0.2) is 5.78 Å². The summed E-state index contributed by atoms with van der Waals surface area (Å²) in [4.78, 5) is 11.9. The van der Waals surface area contributed by atoms with E-state index in [1.165, 1.54) is 11.1 Å². The summed E-state index contributed by atoms with van der Waals surface area (Å²) in [6, 6.07) is 23.1. The van der Waals surface area contributed by atoms with Crippen molar-refractivity contribution in [1.82, 2.24) is 0 Å². The van der Waals surface area contributed by atoms with Crippen molar-refractivity contribution < 1.29 is 9.21 Å². The zero-order valence-corrected chi connectivity index (χ0v) is 14.8. The highest BCUT2D eigenvalue weighted by Gasteiger charge is 2.66. The number of Topliss-reactive ketones (excluding diaryl/α,β-unsaturated/α-hetero) is 1. The molecule has 0 bridgehead atoms. The van der Waals surface area contributed by atoms with E-state index in [4.69, 9.17) is 4.42 Å². The maximum atomic E-state index is 11.9. The van der Waals surface area contributed by atoms with Crippen LogP contribution in [0.3, 0.4) is 0 Å². The molecule has 126 valence electrons. The minimum absolute atomic E-state index is 0.0558. The number of benzene rings is 2. The van der Waals surface area contributed by atoms with Crippen LogP contribution < -0.4 is 0 Å². The first-order valence-corrected chi connectivity index (χ1v) is 8.79. The summed E-state index contributed by atoms with van der Waals surface area (Å²) in [5.74, 6) is 2.43. The Morgan fingerprint density at radius 1 is 1.00 bits per heavy atom. The lowest BCUT2D eigenvalue weighted by molar-refractivity contribution is 0.101. The lowest BCUT2D eigenvalue weighted by Crippen LogP contribution is -2.12. The first-order valence-electron chi connectivity index (χ1n) is 8.79. The number of furan rings is 1. The smallest absolute Gasteiger partial charge is 0.163 e. The van der Waals surface area contributed by atoms with Crippen LogP contribution >= 0.6 is 0 Å². The van der Waals surface area contributed by atoms with Gasteiger partial charge in [-0.3, -0.25) is 4.79 Å². The van der Waals surface area contributed by atoms with E-state index in [0.717, 1.165) is 5.76 Å². The van der Waals surface area contributed by atoms with Gasteiger partial charge in [-0.05, 0) is 37.0 Å². The van der Waals surface area contributed by atoms with Gasteiger partial charge >= 0.3 is 0 Å². The Balaban J connectivity index is 1.90. The molecule has 0 amide bonds. The Hall–Kier alpha value is -2.61. The molecule has 1 aromatic heterocycles. The SMILES string of the molecule is CC(=O)c1cc([C@]2(c3ccccc3)C(C)C2c2ccccc2)oc1C. The van der Waals surface area contributed by atoms with Gasteiger partial charge in [0.15, 0.2) is 5.78 Å². The van der Waals surface area contributed by atoms with Crippen LogP contribution in [0.15, 0.2) is 71.1 Å². The van der Waals surface area contributed by atoms with E-state index in [1.807, 2.05) is 25.1 Å². The third-order valence-electron chi connectivity index (χ3n) is 5.71. The minimum Gasteiger partial charge on any atom is -0.465 e. The van der Waals surface area contributed by atoms with Gasteiger partial charge in [0.2, 0.25) is 0 Å². The molecule has 0 saturated heterocycles. The number of ketones is 1. The molecule has 3 atom stereocenters. The summed E-state index contributed by atoms with van der Waals surface area (Å²) in [7, 11) is 0. The fourth-order valence-electron chi connectivity index (χ4n) is 4.48. The average molecular weight is 330 g/mol. The number of hydrogen-bond acceptors (Lipinski definition) is 2. The van der Waals surface area contributed by atoms with Crippen molar-refractivity contribution in [1.29, 1.82) is 0 Å². The maximum absolute atomic E-state index is 11.9. The molecular formula is C23H22O2. The molecule has 1 aliphatic rings. The van der Waals surface area contributed by atoms with Crippen LogP contribution in [0.1, 0.15) is 52.8 Å². The average Bonchev–Trinajstić information content (AvgIpc) is 3.05. The highest BCUT2D eigenvalue weighted by molar-refractivity contribution is 5.95. The third kappa shape index (κ3) is 2.28. The van der Waals surface area contributed by atoms with Gasteiger partial charge in [-0.2, -0.15) is 0 Å². The Bertz CT molecular complexity index is 908. The Labute approximate surface area is 148 Å². The van der Waals surface area contributed by atoms with Crippen molar-refractivity contribution in [3.63, 3.8) is 0 Å². The Kier molecular flexibility index (Phi) is 3.64. The second-order valence-electron chi connectivity index (χ2n) is 7.05. The van der Waals surface area contributed by atoms with E-state index in [9.17, 15) is 4.79 Å². The molecule has 2 unspecified atom stereocenters. The second kappa shape index (κ2) is 5.73. The summed E-state index contributed by atoms with van der Waals surface area (Å²) in [5, 5.41) is 0. The van der Waals surface area contributed by atoms with E-state index in [1.54, 1.807) is 6.92 Å². The van der Waals surface area contributed by atoms with Crippen molar-refractivity contribution in [2.45, 2.75) is 32.1 Å². The quantitative estimate of drug-likeness (QED) is 0.590. The summed E-state index contributed by atoms with van der Waals surface area (Å²) in [6.45, 7) is 5.75. The van der Waals surface area contributed by atoms with E-state index < -0.39 is 0 Å². The number of carbonyl (C=O) groups is 1. The van der Waals surface area contributed by atoms with E-state index in [2.05, 4.69) is 55.5 Å². The van der Waals surface area contributed by atoms with Gasteiger partial charge in [0.05, 0.1) is 11.0 Å². The second-order valence-corrected chi connectivity index (χ2v) is 7.05. The van der Waals surface area contributed by atoms with Gasteiger partial charge < -0.3 is 4.42 Å². The molecule has 1 heterocycles. The van der Waals surface area contributed by atoms with Crippen molar-refractivity contribution in [2.24, 2.45) is 5.92 Å². The molecule has 2 aromatic carbocycles. The molecule has 25 heavy (non-hydrogen) atoms. The summed E-state index contributed by atoms with van der Waals surface area (Å²) in [5.41, 5.74) is 3.05. The minimum atomic E-state index is -0.207. The fraction of sp³-hybridized carbons (Fsp3) is 0.261. The number of hydrogen-bond donors (Lipinski definition) is 0. The summed E-state index contributed by atoms with van der Waals surface area (Å²) in [6.07, 6.45) is 0. The molecular weight excluding hydrogens is 308 g/mol. The maximum Gasteiger partial charge on any atom is 0.163 e. The normalized spacial score (nSPS) is 24.9. The lowest BCUT2D eigenvalue weighted by Gasteiger charge is -2.17. The zero-order valence-electron chi connectivity index (χ0n) is 14.8. The lowest BCUT2D eigenvalue weighted by atomic mass is 9.87. The molecule has 1 saturated carbocycles. The highest BCUT2D eigenvalue weighted by Crippen LogP contribution is 2.69. The number of carbonyl (C=O) groups excluding carboxylic acids is 1. The monoisotopic (exact) mass is 330 g/mol. The highest BCUT2D eigenvalue weighted by atomic mass is 16.3. The van der Waals surface area contributed by atoms with Crippen molar-refractivity contribution in [3.05, 3.63) is 94.9 Å². The Morgan fingerprint density at radius 3 is 2.16 bits per heavy atom. The number of rotatable bonds is 4. The van der Waals surface area contributed by atoms with Crippen molar-refractivity contribution in [2.75, 3.05) is 0 Å². The van der Waals surface area contributed by atoms with Crippen LogP contribution in [0.2, 0.25) is 0 Å². The molecule has 3 aromatic rings. The van der Waals surface area contributed by atoms with Crippen LogP contribution in [0.25, 0.3) is 0 Å². The van der Waals surface area contributed by atoms with Crippen LogP contribution in [-0.2, 0) is 5.41 Å². The van der Waals surface area contributed by atoms with Crippen LogP contribution in [0.5, 0.6) is 0 Å². The van der Waals surface area contributed by atoms with E-state index >= 15 is 0 Å². The zero-order chi connectivity index (χ0) is 17.6. The van der Waals surface area contributed by atoms with E-state index in [0.29, 0.717) is 23.2 Å². The fourth-order valence-corrected chi connectivity index (χ4v) is 4.48. The molecule has 0 radical (unpaired) electrons. The topological polar surface area (TPSA) is 30.2 Å². The molecule has 0 aliphatic heterocycles. The third-order valence-corrected chi connectivity index (χ3v) is 5.71. The molecule has 1 fully saturated rings.